The highest BCUT2D eigenvalue weighted by atomic mass is 35.5. The third-order valence-electron chi connectivity index (χ3n) is 6.37. The second-order valence-electron chi connectivity index (χ2n) is 8.11. The zero-order valence-electron chi connectivity index (χ0n) is 16.3. The van der Waals surface area contributed by atoms with Gasteiger partial charge in [-0.3, -0.25) is 9.58 Å². The highest BCUT2D eigenvalue weighted by Gasteiger charge is 2.38. The van der Waals surface area contributed by atoms with E-state index in [2.05, 4.69) is 34.8 Å². The lowest BCUT2D eigenvalue weighted by Crippen LogP contribution is -2.38. The largest absolute Gasteiger partial charge is 0.317 e. The number of rotatable bonds is 4. The van der Waals surface area contributed by atoms with Crippen molar-refractivity contribution in [3.63, 3.8) is 0 Å². The van der Waals surface area contributed by atoms with E-state index in [1.807, 2.05) is 18.2 Å². The smallest absolute Gasteiger partial charge is 0.0677 e. The highest BCUT2D eigenvalue weighted by Crippen LogP contribution is 2.39. The predicted octanol–water partition coefficient (Wildman–Crippen LogP) is 4.20. The van der Waals surface area contributed by atoms with Crippen molar-refractivity contribution < 1.29 is 0 Å². The molecule has 2 saturated heterocycles. The van der Waals surface area contributed by atoms with Crippen LogP contribution < -0.4 is 5.32 Å². The highest BCUT2D eigenvalue weighted by molar-refractivity contribution is 6.31. The first-order chi connectivity index (χ1) is 12.6. The Labute approximate surface area is 173 Å². The van der Waals surface area contributed by atoms with Crippen LogP contribution in [-0.2, 0) is 13.1 Å². The normalized spacial score (nSPS) is 19.4. The molecule has 2 fully saturated rings. The summed E-state index contributed by atoms with van der Waals surface area (Å²) < 4.78 is 2.11. The minimum Gasteiger partial charge on any atom is -0.317 e. The Morgan fingerprint density at radius 1 is 1.11 bits per heavy atom. The van der Waals surface area contributed by atoms with E-state index in [0.717, 1.165) is 29.4 Å². The molecule has 2 aliphatic rings. The third-order valence-corrected chi connectivity index (χ3v) is 6.74. The van der Waals surface area contributed by atoms with E-state index >= 15 is 0 Å². The minimum atomic E-state index is 0. The van der Waals surface area contributed by atoms with Gasteiger partial charge in [0.05, 0.1) is 12.2 Å². The molecule has 1 aromatic heterocycles. The average molecular weight is 409 g/mol. The Morgan fingerprint density at radius 2 is 1.85 bits per heavy atom. The van der Waals surface area contributed by atoms with Crippen molar-refractivity contribution in [2.75, 3.05) is 26.2 Å². The maximum Gasteiger partial charge on any atom is 0.0677 e. The number of likely N-dealkylation sites (tertiary alicyclic amines) is 1. The van der Waals surface area contributed by atoms with Gasteiger partial charge in [0.25, 0.3) is 0 Å². The monoisotopic (exact) mass is 408 g/mol. The maximum atomic E-state index is 6.34. The Balaban J connectivity index is 0.00000210. The second-order valence-corrected chi connectivity index (χ2v) is 8.52. The number of benzene rings is 1. The lowest BCUT2D eigenvalue weighted by atomic mass is 9.78. The lowest BCUT2D eigenvalue weighted by molar-refractivity contribution is 0.193. The first-order valence-electron chi connectivity index (χ1n) is 9.76. The van der Waals surface area contributed by atoms with Gasteiger partial charge in [-0.05, 0) is 69.8 Å². The molecule has 1 spiro atoms. The van der Waals surface area contributed by atoms with Gasteiger partial charge in [0.1, 0.15) is 0 Å². The van der Waals surface area contributed by atoms with Crippen LogP contribution in [0.3, 0.4) is 0 Å². The fourth-order valence-electron chi connectivity index (χ4n) is 4.66. The molecule has 0 saturated carbocycles. The van der Waals surface area contributed by atoms with Crippen LogP contribution in [0.1, 0.15) is 41.8 Å². The number of aromatic nitrogens is 2. The fourth-order valence-corrected chi connectivity index (χ4v) is 4.85. The van der Waals surface area contributed by atoms with Gasteiger partial charge in [0.2, 0.25) is 0 Å². The van der Waals surface area contributed by atoms with Gasteiger partial charge < -0.3 is 5.32 Å². The molecule has 0 atom stereocenters. The van der Waals surface area contributed by atoms with Crippen molar-refractivity contribution in [3.8, 4) is 0 Å². The number of halogens is 2. The first-order valence-corrected chi connectivity index (χ1v) is 10.1. The molecule has 27 heavy (non-hydrogen) atoms. The van der Waals surface area contributed by atoms with Crippen LogP contribution in [0.4, 0.5) is 0 Å². The number of nitrogens with zero attached hydrogens (tertiary/aromatic N) is 3. The zero-order chi connectivity index (χ0) is 18.1. The van der Waals surface area contributed by atoms with Crippen LogP contribution in [0.5, 0.6) is 0 Å². The summed E-state index contributed by atoms with van der Waals surface area (Å²) in [5.41, 5.74) is 5.50. The molecule has 3 heterocycles. The van der Waals surface area contributed by atoms with Crippen molar-refractivity contribution in [3.05, 3.63) is 51.8 Å². The molecule has 148 valence electrons. The summed E-state index contributed by atoms with van der Waals surface area (Å²) in [5, 5.41) is 9.13. The molecule has 0 unspecified atom stereocenters. The molecule has 2 aliphatic heterocycles. The van der Waals surface area contributed by atoms with Crippen molar-refractivity contribution >= 4 is 24.0 Å². The third kappa shape index (κ3) is 4.34. The number of hydrogen-bond acceptors (Lipinski definition) is 3. The molecule has 4 rings (SSSR count). The molecule has 1 aromatic carbocycles. The van der Waals surface area contributed by atoms with Gasteiger partial charge in [-0.2, -0.15) is 5.10 Å². The van der Waals surface area contributed by atoms with Crippen LogP contribution in [0.25, 0.3) is 0 Å². The van der Waals surface area contributed by atoms with E-state index < -0.39 is 0 Å². The van der Waals surface area contributed by atoms with Crippen molar-refractivity contribution in [2.45, 2.75) is 46.2 Å². The van der Waals surface area contributed by atoms with Crippen molar-refractivity contribution in [2.24, 2.45) is 5.41 Å². The van der Waals surface area contributed by atoms with Crippen LogP contribution in [0.15, 0.2) is 24.3 Å². The first kappa shape index (κ1) is 20.7. The summed E-state index contributed by atoms with van der Waals surface area (Å²) in [5.74, 6) is 0. The number of piperidine rings is 1. The van der Waals surface area contributed by atoms with Gasteiger partial charge in [-0.1, -0.05) is 29.8 Å². The van der Waals surface area contributed by atoms with Crippen molar-refractivity contribution in [1.29, 1.82) is 0 Å². The number of nitrogens with one attached hydrogen (secondary N) is 1. The zero-order valence-corrected chi connectivity index (χ0v) is 17.9. The molecule has 4 nitrogen and oxygen atoms in total. The Morgan fingerprint density at radius 3 is 2.59 bits per heavy atom. The number of hydrogen-bond donors (Lipinski definition) is 1. The van der Waals surface area contributed by atoms with E-state index in [9.17, 15) is 0 Å². The van der Waals surface area contributed by atoms with E-state index in [1.165, 1.54) is 56.7 Å². The standard InChI is InChI=1S/C21H29ClN4.ClH/c1-16-19(14-25-12-9-21(15-25)7-10-23-11-8-21)17(2)26(24-16)13-18-5-3-4-6-20(18)22;/h3-6,23H,7-15H2,1-2H3;1H. The number of aryl methyl sites for hydroxylation is 1. The summed E-state index contributed by atoms with van der Waals surface area (Å²) in [6, 6.07) is 8.05. The van der Waals surface area contributed by atoms with Crippen LogP contribution in [0.2, 0.25) is 5.02 Å². The van der Waals surface area contributed by atoms with Gasteiger partial charge in [-0.15, -0.1) is 12.4 Å². The molecular formula is C21H30Cl2N4. The lowest BCUT2D eigenvalue weighted by Gasteiger charge is -2.34. The maximum absolute atomic E-state index is 6.34. The van der Waals surface area contributed by atoms with Gasteiger partial charge in [0, 0.05) is 29.4 Å². The van der Waals surface area contributed by atoms with Crippen LogP contribution >= 0.6 is 24.0 Å². The summed E-state index contributed by atoms with van der Waals surface area (Å²) >= 11 is 6.34. The summed E-state index contributed by atoms with van der Waals surface area (Å²) in [6.07, 6.45) is 4.00. The van der Waals surface area contributed by atoms with E-state index in [1.54, 1.807) is 0 Å². The Kier molecular flexibility index (Phi) is 6.52. The molecule has 0 amide bonds. The van der Waals surface area contributed by atoms with Gasteiger partial charge in [0.15, 0.2) is 0 Å². The Bertz CT molecular complexity index is 780. The topological polar surface area (TPSA) is 33.1 Å². The van der Waals surface area contributed by atoms with E-state index in [0.29, 0.717) is 5.41 Å². The summed E-state index contributed by atoms with van der Waals surface area (Å²) in [6.45, 7) is 10.9. The summed E-state index contributed by atoms with van der Waals surface area (Å²) in [4.78, 5) is 2.64. The SMILES string of the molecule is Cc1nn(Cc2ccccc2Cl)c(C)c1CN1CCC2(CCNCC2)C1.Cl. The quantitative estimate of drug-likeness (QED) is 0.822. The molecule has 6 heteroatoms. The van der Waals surface area contributed by atoms with E-state index in [-0.39, 0.29) is 12.4 Å². The fraction of sp³-hybridized carbons (Fsp3) is 0.571. The molecule has 1 N–H and O–H groups in total. The van der Waals surface area contributed by atoms with E-state index in [4.69, 9.17) is 16.7 Å². The van der Waals surface area contributed by atoms with Gasteiger partial charge >= 0.3 is 0 Å². The van der Waals surface area contributed by atoms with Crippen LogP contribution in [-0.4, -0.2) is 40.9 Å². The second kappa shape index (κ2) is 8.52. The summed E-state index contributed by atoms with van der Waals surface area (Å²) in [7, 11) is 0. The molecule has 0 radical (unpaired) electrons. The average Bonchev–Trinajstić information content (AvgIpc) is 3.14. The van der Waals surface area contributed by atoms with Crippen molar-refractivity contribution in [1.82, 2.24) is 20.0 Å². The van der Waals surface area contributed by atoms with Crippen LogP contribution in [0, 0.1) is 19.3 Å². The minimum absolute atomic E-state index is 0. The predicted molar refractivity (Wildman–Crippen MR) is 114 cm³/mol. The van der Waals surface area contributed by atoms with Gasteiger partial charge in [-0.25, -0.2) is 0 Å². The molecular weight excluding hydrogens is 379 g/mol. The molecule has 0 aliphatic carbocycles. The molecule has 0 bridgehead atoms. The Hall–Kier alpha value is -1.07. The molecule has 2 aromatic rings.